The smallest absolute Gasteiger partial charge is 0.308 e. The molecule has 0 atom stereocenters. The molecule has 0 heterocycles. The van der Waals surface area contributed by atoms with E-state index in [-0.39, 0.29) is 5.97 Å². The topological polar surface area (TPSA) is 35.5 Å². The zero-order chi connectivity index (χ0) is 16.8. The van der Waals surface area contributed by atoms with Gasteiger partial charge in [0.2, 0.25) is 0 Å². The first kappa shape index (κ1) is 15.8. The van der Waals surface area contributed by atoms with Crippen LogP contribution in [0.3, 0.4) is 0 Å². The van der Waals surface area contributed by atoms with E-state index < -0.39 is 0 Å². The van der Waals surface area contributed by atoms with Crippen molar-refractivity contribution in [1.82, 2.24) is 0 Å². The van der Waals surface area contributed by atoms with Crippen LogP contribution < -0.4 is 9.47 Å². The molecule has 24 heavy (non-hydrogen) atoms. The number of rotatable bonds is 5. The molecule has 0 unspecified atom stereocenters. The van der Waals surface area contributed by atoms with Crippen LogP contribution in [0.2, 0.25) is 0 Å². The molecule has 3 rings (SSSR count). The van der Waals surface area contributed by atoms with Gasteiger partial charge < -0.3 is 9.47 Å². The first-order chi connectivity index (χ1) is 11.7. The second-order valence-electron chi connectivity index (χ2n) is 5.43. The first-order valence-electron chi connectivity index (χ1n) is 7.76. The maximum atomic E-state index is 11.3. The molecule has 0 aliphatic heterocycles. The maximum absolute atomic E-state index is 11.3. The van der Waals surface area contributed by atoms with Gasteiger partial charge in [0.25, 0.3) is 0 Å². The van der Waals surface area contributed by atoms with Crippen molar-refractivity contribution in [2.75, 3.05) is 0 Å². The summed E-state index contributed by atoms with van der Waals surface area (Å²) in [4.78, 5) is 11.3. The molecule has 0 amide bonds. The average molecular weight is 318 g/mol. The van der Waals surface area contributed by atoms with Gasteiger partial charge in [-0.05, 0) is 28.8 Å². The third kappa shape index (κ3) is 4.23. The van der Waals surface area contributed by atoms with Crippen LogP contribution in [0.4, 0.5) is 0 Å². The van der Waals surface area contributed by atoms with Gasteiger partial charge in [-0.3, -0.25) is 4.79 Å². The first-order valence-corrected chi connectivity index (χ1v) is 7.76. The molecule has 3 heteroatoms. The fourth-order valence-corrected chi connectivity index (χ4v) is 2.42. The normalized spacial score (nSPS) is 10.2. The van der Waals surface area contributed by atoms with Gasteiger partial charge in [0.05, 0.1) is 0 Å². The zero-order valence-corrected chi connectivity index (χ0v) is 13.4. The molecule has 3 aromatic rings. The van der Waals surface area contributed by atoms with Crippen LogP contribution in [0.15, 0.2) is 78.9 Å². The van der Waals surface area contributed by atoms with E-state index in [1.807, 2.05) is 72.8 Å². The number of hydrogen-bond donors (Lipinski definition) is 0. The van der Waals surface area contributed by atoms with Crippen LogP contribution in [0, 0.1) is 0 Å². The van der Waals surface area contributed by atoms with Crippen LogP contribution in [0.25, 0.3) is 11.1 Å². The van der Waals surface area contributed by atoms with Gasteiger partial charge in [-0.15, -0.1) is 0 Å². The van der Waals surface area contributed by atoms with E-state index in [4.69, 9.17) is 9.47 Å². The summed E-state index contributed by atoms with van der Waals surface area (Å²) in [6.45, 7) is 1.85. The summed E-state index contributed by atoms with van der Waals surface area (Å²) in [6.07, 6.45) is 0. The molecule has 0 aromatic heterocycles. The van der Waals surface area contributed by atoms with Crippen LogP contribution in [0.5, 0.6) is 11.5 Å². The number of ether oxygens (including phenoxy) is 2. The molecule has 0 fully saturated rings. The maximum Gasteiger partial charge on any atom is 0.308 e. The lowest BCUT2D eigenvalue weighted by Crippen LogP contribution is -2.02. The molecule has 0 spiro atoms. The van der Waals surface area contributed by atoms with Gasteiger partial charge in [0, 0.05) is 13.0 Å². The SMILES string of the molecule is CC(=O)Oc1cc(OCc2ccccc2)cc(-c2ccccc2)c1. The van der Waals surface area contributed by atoms with Gasteiger partial charge >= 0.3 is 5.97 Å². The quantitative estimate of drug-likeness (QED) is 0.498. The summed E-state index contributed by atoms with van der Waals surface area (Å²) in [6, 6.07) is 25.4. The van der Waals surface area contributed by atoms with Crippen molar-refractivity contribution in [1.29, 1.82) is 0 Å². The lowest BCUT2D eigenvalue weighted by atomic mass is 10.1. The summed E-state index contributed by atoms with van der Waals surface area (Å²) >= 11 is 0. The molecule has 0 N–H and O–H groups in total. The minimum Gasteiger partial charge on any atom is -0.489 e. The Kier molecular flexibility index (Phi) is 4.92. The van der Waals surface area contributed by atoms with Crippen molar-refractivity contribution in [3.8, 4) is 22.6 Å². The highest BCUT2D eigenvalue weighted by Crippen LogP contribution is 2.30. The zero-order valence-electron chi connectivity index (χ0n) is 13.4. The van der Waals surface area contributed by atoms with E-state index in [0.29, 0.717) is 18.1 Å². The molecule has 120 valence electrons. The van der Waals surface area contributed by atoms with Crippen LogP contribution >= 0.6 is 0 Å². The van der Waals surface area contributed by atoms with E-state index in [9.17, 15) is 4.79 Å². The minimum atomic E-state index is -0.353. The highest BCUT2D eigenvalue weighted by atomic mass is 16.5. The van der Waals surface area contributed by atoms with E-state index in [2.05, 4.69) is 0 Å². The van der Waals surface area contributed by atoms with Gasteiger partial charge in [-0.1, -0.05) is 60.7 Å². The number of benzene rings is 3. The van der Waals surface area contributed by atoms with Gasteiger partial charge in [0.15, 0.2) is 0 Å². The molecule has 3 nitrogen and oxygen atoms in total. The van der Waals surface area contributed by atoms with Gasteiger partial charge in [0.1, 0.15) is 18.1 Å². The Morgan fingerprint density at radius 1 is 0.792 bits per heavy atom. The summed E-state index contributed by atoms with van der Waals surface area (Å²) in [5.74, 6) is 0.789. The Morgan fingerprint density at radius 3 is 2.08 bits per heavy atom. The number of esters is 1. The van der Waals surface area contributed by atoms with E-state index in [0.717, 1.165) is 16.7 Å². The van der Waals surface area contributed by atoms with E-state index in [1.165, 1.54) is 6.92 Å². The summed E-state index contributed by atoms with van der Waals surface area (Å²) < 4.78 is 11.1. The monoisotopic (exact) mass is 318 g/mol. The van der Waals surface area contributed by atoms with E-state index in [1.54, 1.807) is 6.07 Å². The van der Waals surface area contributed by atoms with Crippen molar-refractivity contribution < 1.29 is 14.3 Å². The predicted molar refractivity (Wildman–Crippen MR) is 94.0 cm³/mol. The molecule has 0 radical (unpaired) electrons. The number of carbonyl (C=O) groups is 1. The van der Waals surface area contributed by atoms with Crippen molar-refractivity contribution >= 4 is 5.97 Å². The lowest BCUT2D eigenvalue weighted by Gasteiger charge is -2.11. The van der Waals surface area contributed by atoms with Crippen molar-refractivity contribution in [3.63, 3.8) is 0 Å². The summed E-state index contributed by atoms with van der Waals surface area (Å²) in [7, 11) is 0. The Bertz CT molecular complexity index is 811. The van der Waals surface area contributed by atoms with Gasteiger partial charge in [-0.2, -0.15) is 0 Å². The number of hydrogen-bond acceptors (Lipinski definition) is 3. The Balaban J connectivity index is 1.88. The highest BCUT2D eigenvalue weighted by molar-refractivity contribution is 5.72. The Hall–Kier alpha value is -3.07. The fraction of sp³-hybridized carbons (Fsp3) is 0.0952. The molecular weight excluding hydrogens is 300 g/mol. The molecule has 3 aromatic carbocycles. The van der Waals surface area contributed by atoms with Crippen molar-refractivity contribution in [2.45, 2.75) is 13.5 Å². The number of carbonyl (C=O) groups excluding carboxylic acids is 1. The van der Waals surface area contributed by atoms with Crippen molar-refractivity contribution in [3.05, 3.63) is 84.4 Å². The van der Waals surface area contributed by atoms with Gasteiger partial charge in [-0.25, -0.2) is 0 Å². The van der Waals surface area contributed by atoms with Crippen LogP contribution in [0.1, 0.15) is 12.5 Å². The highest BCUT2D eigenvalue weighted by Gasteiger charge is 2.07. The average Bonchev–Trinajstić information content (AvgIpc) is 2.61. The molecule has 0 aliphatic carbocycles. The summed E-state index contributed by atoms with van der Waals surface area (Å²) in [5.41, 5.74) is 3.06. The standard InChI is InChI=1S/C21H18O3/c1-16(22)24-21-13-19(18-10-6-3-7-11-18)12-20(14-21)23-15-17-8-4-2-5-9-17/h2-14H,15H2,1H3. The third-order valence-corrected chi connectivity index (χ3v) is 3.50. The van der Waals surface area contributed by atoms with E-state index >= 15 is 0 Å². The fourth-order valence-electron chi connectivity index (χ4n) is 2.42. The Morgan fingerprint density at radius 2 is 1.42 bits per heavy atom. The molecule has 0 bridgehead atoms. The molecule has 0 aliphatic rings. The minimum absolute atomic E-state index is 0.353. The molecular formula is C21H18O3. The molecule has 0 saturated heterocycles. The predicted octanol–water partition coefficient (Wildman–Crippen LogP) is 4.86. The van der Waals surface area contributed by atoms with Crippen molar-refractivity contribution in [2.24, 2.45) is 0 Å². The second kappa shape index (κ2) is 7.47. The summed E-state index contributed by atoms with van der Waals surface area (Å²) in [5, 5.41) is 0. The third-order valence-electron chi connectivity index (χ3n) is 3.50. The lowest BCUT2D eigenvalue weighted by molar-refractivity contribution is -0.131. The van der Waals surface area contributed by atoms with Crippen LogP contribution in [-0.2, 0) is 11.4 Å². The van der Waals surface area contributed by atoms with Crippen LogP contribution in [-0.4, -0.2) is 5.97 Å². The molecule has 0 saturated carbocycles. The second-order valence-corrected chi connectivity index (χ2v) is 5.43. The Labute approximate surface area is 141 Å². The largest absolute Gasteiger partial charge is 0.489 e.